The average Bonchev–Trinajstić information content (AvgIpc) is 2.98. The molecule has 0 radical (unpaired) electrons. The molecule has 3 aromatic rings. The number of rotatable bonds is 5. The molecular weight excluding hydrogens is 366 g/mol. The van der Waals surface area contributed by atoms with E-state index in [1.54, 1.807) is 12.1 Å². The minimum absolute atomic E-state index is 0.257. The van der Waals surface area contributed by atoms with E-state index in [9.17, 15) is 9.59 Å². The molecular formula is C24H19NO2S. The number of para-hydroxylation sites is 1. The van der Waals surface area contributed by atoms with Gasteiger partial charge in [0.2, 0.25) is 0 Å². The molecule has 0 unspecified atom stereocenters. The van der Waals surface area contributed by atoms with Crippen molar-refractivity contribution in [2.45, 2.75) is 12.7 Å². The largest absolute Gasteiger partial charge is 0.272 e. The molecule has 0 saturated carbocycles. The molecule has 0 fully saturated rings. The summed E-state index contributed by atoms with van der Waals surface area (Å²) in [4.78, 5) is 28.3. The Hall–Kier alpha value is -3.11. The van der Waals surface area contributed by atoms with Gasteiger partial charge in [0.15, 0.2) is 0 Å². The van der Waals surface area contributed by atoms with Crippen LogP contribution in [0.5, 0.6) is 0 Å². The van der Waals surface area contributed by atoms with Crippen LogP contribution in [0.15, 0.2) is 89.8 Å². The van der Waals surface area contributed by atoms with Crippen LogP contribution in [0.3, 0.4) is 0 Å². The predicted octanol–water partition coefficient (Wildman–Crippen LogP) is 5.21. The second kappa shape index (κ2) is 7.87. The predicted molar refractivity (Wildman–Crippen MR) is 115 cm³/mol. The van der Waals surface area contributed by atoms with Crippen molar-refractivity contribution in [3.8, 4) is 0 Å². The van der Waals surface area contributed by atoms with Gasteiger partial charge in [0.1, 0.15) is 0 Å². The summed E-state index contributed by atoms with van der Waals surface area (Å²) in [6, 6.07) is 26.8. The van der Waals surface area contributed by atoms with E-state index < -0.39 is 0 Å². The van der Waals surface area contributed by atoms with Crippen molar-refractivity contribution in [3.63, 3.8) is 0 Å². The Morgan fingerprint density at radius 3 is 2.00 bits per heavy atom. The van der Waals surface area contributed by atoms with Gasteiger partial charge in [-0.3, -0.25) is 9.59 Å². The Labute approximate surface area is 168 Å². The van der Waals surface area contributed by atoms with Gasteiger partial charge in [-0.2, -0.15) is 0 Å². The molecule has 0 aromatic heterocycles. The quantitative estimate of drug-likeness (QED) is 0.566. The van der Waals surface area contributed by atoms with Gasteiger partial charge >= 0.3 is 0 Å². The smallest absolute Gasteiger partial charge is 0.268 e. The van der Waals surface area contributed by atoms with Crippen LogP contribution in [0.1, 0.15) is 16.7 Å². The van der Waals surface area contributed by atoms with Crippen molar-refractivity contribution in [1.29, 1.82) is 0 Å². The molecule has 3 nitrogen and oxygen atoms in total. The summed E-state index contributed by atoms with van der Waals surface area (Å²) < 4.78 is 0. The van der Waals surface area contributed by atoms with Crippen LogP contribution in [0.2, 0.25) is 0 Å². The maximum Gasteiger partial charge on any atom is 0.272 e. The number of anilines is 1. The van der Waals surface area contributed by atoms with Crippen molar-refractivity contribution in [2.75, 3.05) is 4.90 Å². The Balaban J connectivity index is 1.74. The molecule has 4 rings (SSSR count). The highest BCUT2D eigenvalue weighted by atomic mass is 32.2. The Kier molecular flexibility index (Phi) is 5.13. The Morgan fingerprint density at radius 2 is 1.36 bits per heavy atom. The molecule has 138 valence electrons. The Bertz CT molecular complexity index is 1040. The number of imide groups is 1. The minimum Gasteiger partial charge on any atom is -0.268 e. The molecule has 28 heavy (non-hydrogen) atoms. The molecule has 1 aliphatic heterocycles. The SMILES string of the molecule is Cc1ccc(C2=C(SCc3ccccc3)C(=O)N(c3ccccc3)C2=O)cc1. The molecule has 0 aliphatic carbocycles. The van der Waals surface area contributed by atoms with Gasteiger partial charge in [-0.15, -0.1) is 11.8 Å². The summed E-state index contributed by atoms with van der Waals surface area (Å²) in [7, 11) is 0. The van der Waals surface area contributed by atoms with Gasteiger partial charge in [-0.25, -0.2) is 4.90 Å². The number of aryl methyl sites for hydroxylation is 1. The zero-order valence-corrected chi connectivity index (χ0v) is 16.3. The normalized spacial score (nSPS) is 14.1. The van der Waals surface area contributed by atoms with Gasteiger partial charge in [0, 0.05) is 5.75 Å². The van der Waals surface area contributed by atoms with Crippen LogP contribution in [-0.2, 0) is 15.3 Å². The first-order chi connectivity index (χ1) is 13.6. The van der Waals surface area contributed by atoms with Crippen LogP contribution >= 0.6 is 11.8 Å². The lowest BCUT2D eigenvalue weighted by Crippen LogP contribution is -2.31. The third-order valence-electron chi connectivity index (χ3n) is 4.62. The summed E-state index contributed by atoms with van der Waals surface area (Å²) in [5, 5.41) is 0. The molecule has 0 atom stereocenters. The van der Waals surface area contributed by atoms with E-state index in [-0.39, 0.29) is 11.8 Å². The number of benzene rings is 3. The first kappa shape index (κ1) is 18.3. The monoisotopic (exact) mass is 385 g/mol. The van der Waals surface area contributed by atoms with Gasteiger partial charge in [-0.1, -0.05) is 78.4 Å². The summed E-state index contributed by atoms with van der Waals surface area (Å²) in [6.07, 6.45) is 0. The van der Waals surface area contributed by atoms with Gasteiger partial charge in [0.05, 0.1) is 16.2 Å². The van der Waals surface area contributed by atoms with E-state index in [1.807, 2.05) is 79.7 Å². The molecule has 4 heteroatoms. The molecule has 0 N–H and O–H groups in total. The van der Waals surface area contributed by atoms with Crippen molar-refractivity contribution in [1.82, 2.24) is 0 Å². The number of amides is 2. The zero-order chi connectivity index (χ0) is 19.5. The summed E-state index contributed by atoms with van der Waals surface area (Å²) >= 11 is 1.42. The molecule has 0 spiro atoms. The fraction of sp³-hybridized carbons (Fsp3) is 0.0833. The summed E-state index contributed by atoms with van der Waals surface area (Å²) in [5.41, 5.74) is 4.08. The maximum atomic E-state index is 13.3. The standard InChI is InChI=1S/C24H19NO2S/c1-17-12-14-19(15-13-17)21-22(28-16-18-8-4-2-5-9-18)24(27)25(23(21)26)20-10-6-3-7-11-20/h2-15H,16H2,1H3. The topological polar surface area (TPSA) is 37.4 Å². The van der Waals surface area contributed by atoms with Crippen LogP contribution in [0.25, 0.3) is 5.57 Å². The second-order valence-corrected chi connectivity index (χ2v) is 7.61. The lowest BCUT2D eigenvalue weighted by atomic mass is 10.0. The maximum absolute atomic E-state index is 13.3. The fourth-order valence-electron chi connectivity index (χ4n) is 3.16. The van der Waals surface area contributed by atoms with Crippen molar-refractivity contribution in [3.05, 3.63) is 107 Å². The highest BCUT2D eigenvalue weighted by molar-refractivity contribution is 8.03. The summed E-state index contributed by atoms with van der Waals surface area (Å²) in [5.74, 6) is 0.107. The van der Waals surface area contributed by atoms with Gasteiger partial charge < -0.3 is 0 Å². The number of carbonyl (C=O) groups is 2. The first-order valence-corrected chi connectivity index (χ1v) is 10.1. The lowest BCUT2D eigenvalue weighted by Gasteiger charge is -2.15. The minimum atomic E-state index is -0.268. The number of carbonyl (C=O) groups excluding carboxylic acids is 2. The van der Waals surface area contributed by atoms with Crippen LogP contribution in [-0.4, -0.2) is 11.8 Å². The van der Waals surface area contributed by atoms with E-state index in [0.29, 0.717) is 21.9 Å². The van der Waals surface area contributed by atoms with Crippen molar-refractivity contribution < 1.29 is 9.59 Å². The molecule has 1 aliphatic rings. The van der Waals surface area contributed by atoms with Gasteiger partial charge in [-0.05, 0) is 30.2 Å². The molecule has 1 heterocycles. The van der Waals surface area contributed by atoms with E-state index >= 15 is 0 Å². The first-order valence-electron chi connectivity index (χ1n) is 9.07. The Morgan fingerprint density at radius 1 is 0.750 bits per heavy atom. The van der Waals surface area contributed by atoms with Crippen molar-refractivity contribution >= 4 is 34.8 Å². The molecule has 3 aromatic carbocycles. The third kappa shape index (κ3) is 3.51. The molecule has 0 bridgehead atoms. The number of thioether (sulfide) groups is 1. The van der Waals surface area contributed by atoms with Crippen molar-refractivity contribution in [2.24, 2.45) is 0 Å². The number of nitrogens with zero attached hydrogens (tertiary/aromatic N) is 1. The summed E-state index contributed by atoms with van der Waals surface area (Å²) in [6.45, 7) is 2.00. The molecule has 0 saturated heterocycles. The van der Waals surface area contributed by atoms with Crippen LogP contribution in [0.4, 0.5) is 5.69 Å². The third-order valence-corrected chi connectivity index (χ3v) is 5.77. The highest BCUT2D eigenvalue weighted by Crippen LogP contribution is 2.39. The number of hydrogen-bond acceptors (Lipinski definition) is 3. The van der Waals surface area contributed by atoms with Crippen LogP contribution in [0, 0.1) is 6.92 Å². The molecule has 2 amide bonds. The fourth-order valence-corrected chi connectivity index (χ4v) is 4.23. The van der Waals surface area contributed by atoms with E-state index in [2.05, 4.69) is 0 Å². The lowest BCUT2D eigenvalue weighted by molar-refractivity contribution is -0.119. The zero-order valence-electron chi connectivity index (χ0n) is 15.5. The van der Waals surface area contributed by atoms with E-state index in [0.717, 1.165) is 16.7 Å². The number of hydrogen-bond donors (Lipinski definition) is 0. The second-order valence-electron chi connectivity index (χ2n) is 6.63. The average molecular weight is 385 g/mol. The van der Waals surface area contributed by atoms with E-state index in [4.69, 9.17) is 0 Å². The van der Waals surface area contributed by atoms with E-state index in [1.165, 1.54) is 16.7 Å². The van der Waals surface area contributed by atoms with Crippen LogP contribution < -0.4 is 4.90 Å². The van der Waals surface area contributed by atoms with Gasteiger partial charge in [0.25, 0.3) is 11.8 Å². The highest BCUT2D eigenvalue weighted by Gasteiger charge is 2.40.